The van der Waals surface area contributed by atoms with Crippen LogP contribution in [0.4, 0.5) is 0 Å². The summed E-state index contributed by atoms with van der Waals surface area (Å²) in [5.74, 6) is -0.109. The first-order chi connectivity index (χ1) is 7.64. The largest absolute Gasteiger partial charge is 0.464 e. The van der Waals surface area contributed by atoms with Gasteiger partial charge in [-0.1, -0.05) is 42.8 Å². The van der Waals surface area contributed by atoms with Gasteiger partial charge in [-0.2, -0.15) is 0 Å². The molecule has 2 nitrogen and oxygen atoms in total. The SMILES string of the molecule is CC1=C(c2ccccc2)[C@@H]2C(=O)OC[C@]12C. The van der Waals surface area contributed by atoms with Crippen LogP contribution in [0.5, 0.6) is 0 Å². The van der Waals surface area contributed by atoms with Crippen LogP contribution in [0.1, 0.15) is 19.4 Å². The van der Waals surface area contributed by atoms with E-state index in [1.54, 1.807) is 0 Å². The fourth-order valence-electron chi connectivity index (χ4n) is 2.86. The molecule has 0 bridgehead atoms. The first-order valence-electron chi connectivity index (χ1n) is 5.58. The van der Waals surface area contributed by atoms with Crippen molar-refractivity contribution in [3.8, 4) is 0 Å². The zero-order valence-corrected chi connectivity index (χ0v) is 9.49. The van der Waals surface area contributed by atoms with Crippen LogP contribution in [0.3, 0.4) is 0 Å². The van der Waals surface area contributed by atoms with E-state index in [1.807, 2.05) is 18.2 Å². The molecule has 1 aromatic carbocycles. The van der Waals surface area contributed by atoms with Crippen LogP contribution in [0.15, 0.2) is 35.9 Å². The summed E-state index contributed by atoms with van der Waals surface area (Å²) in [5, 5.41) is 0. The molecule has 0 N–H and O–H groups in total. The lowest BCUT2D eigenvalue weighted by Gasteiger charge is -2.42. The monoisotopic (exact) mass is 214 g/mol. The Morgan fingerprint density at radius 2 is 2.00 bits per heavy atom. The van der Waals surface area contributed by atoms with Gasteiger partial charge in [0, 0.05) is 5.41 Å². The van der Waals surface area contributed by atoms with Crippen molar-refractivity contribution in [3.63, 3.8) is 0 Å². The van der Waals surface area contributed by atoms with E-state index in [4.69, 9.17) is 4.74 Å². The van der Waals surface area contributed by atoms with Gasteiger partial charge in [0.2, 0.25) is 0 Å². The number of fused-ring (bicyclic) bond motifs is 1. The Labute approximate surface area is 94.9 Å². The summed E-state index contributed by atoms with van der Waals surface area (Å²) in [6.45, 7) is 4.77. The summed E-state index contributed by atoms with van der Waals surface area (Å²) >= 11 is 0. The number of benzene rings is 1. The predicted octanol–water partition coefficient (Wildman–Crippen LogP) is 2.65. The number of cyclic esters (lactones) is 1. The van der Waals surface area contributed by atoms with Crippen molar-refractivity contribution in [2.75, 3.05) is 6.61 Å². The molecule has 1 aromatic rings. The topological polar surface area (TPSA) is 26.3 Å². The lowest BCUT2D eigenvalue weighted by Crippen LogP contribution is -2.39. The van der Waals surface area contributed by atoms with E-state index in [2.05, 4.69) is 26.0 Å². The number of esters is 1. The number of hydrogen-bond acceptors (Lipinski definition) is 2. The molecule has 0 aromatic heterocycles. The van der Waals surface area contributed by atoms with E-state index in [9.17, 15) is 4.79 Å². The van der Waals surface area contributed by atoms with Crippen molar-refractivity contribution in [2.24, 2.45) is 11.3 Å². The van der Waals surface area contributed by atoms with Crippen molar-refractivity contribution in [1.29, 1.82) is 0 Å². The van der Waals surface area contributed by atoms with Gasteiger partial charge in [0.15, 0.2) is 0 Å². The lowest BCUT2D eigenvalue weighted by atomic mass is 9.57. The van der Waals surface area contributed by atoms with Gasteiger partial charge in [0.05, 0.1) is 5.92 Å². The molecular formula is C14H14O2. The first kappa shape index (κ1) is 9.64. The molecule has 1 fully saturated rings. The Hall–Kier alpha value is -1.57. The summed E-state index contributed by atoms with van der Waals surface area (Å²) < 4.78 is 5.18. The van der Waals surface area contributed by atoms with Gasteiger partial charge in [0.1, 0.15) is 6.61 Å². The Morgan fingerprint density at radius 3 is 2.69 bits per heavy atom. The van der Waals surface area contributed by atoms with Crippen molar-refractivity contribution in [2.45, 2.75) is 13.8 Å². The Balaban J connectivity index is 2.11. The van der Waals surface area contributed by atoms with Gasteiger partial charge >= 0.3 is 5.97 Å². The second-order valence-electron chi connectivity index (χ2n) is 4.86. The molecule has 1 aliphatic carbocycles. The lowest BCUT2D eigenvalue weighted by molar-refractivity contribution is -0.139. The quantitative estimate of drug-likeness (QED) is 0.672. The number of carbonyl (C=O) groups is 1. The van der Waals surface area contributed by atoms with E-state index in [1.165, 1.54) is 11.1 Å². The molecule has 1 saturated heterocycles. The molecule has 1 heterocycles. The smallest absolute Gasteiger partial charge is 0.314 e. The molecule has 0 radical (unpaired) electrons. The van der Waals surface area contributed by atoms with Crippen LogP contribution in [0.2, 0.25) is 0 Å². The van der Waals surface area contributed by atoms with Gasteiger partial charge in [-0.25, -0.2) is 0 Å². The number of rotatable bonds is 1. The summed E-state index contributed by atoms with van der Waals surface area (Å²) in [5.41, 5.74) is 3.57. The van der Waals surface area contributed by atoms with Crippen LogP contribution in [-0.2, 0) is 9.53 Å². The molecule has 82 valence electrons. The molecule has 0 spiro atoms. The second-order valence-corrected chi connectivity index (χ2v) is 4.86. The highest BCUT2D eigenvalue weighted by atomic mass is 16.5. The minimum atomic E-state index is -0.0630. The fraction of sp³-hybridized carbons (Fsp3) is 0.357. The highest BCUT2D eigenvalue weighted by Crippen LogP contribution is 2.58. The highest BCUT2D eigenvalue weighted by Gasteiger charge is 2.58. The normalized spacial score (nSPS) is 32.1. The third-order valence-corrected chi connectivity index (χ3v) is 4.02. The fourth-order valence-corrected chi connectivity index (χ4v) is 2.86. The zero-order chi connectivity index (χ0) is 11.3. The summed E-state index contributed by atoms with van der Waals surface area (Å²) in [7, 11) is 0. The van der Waals surface area contributed by atoms with Crippen molar-refractivity contribution in [1.82, 2.24) is 0 Å². The highest BCUT2D eigenvalue weighted by molar-refractivity contribution is 5.98. The summed E-state index contributed by atoms with van der Waals surface area (Å²) in [6.07, 6.45) is 0. The molecule has 3 rings (SSSR count). The van der Waals surface area contributed by atoms with Gasteiger partial charge in [-0.15, -0.1) is 0 Å². The minimum absolute atomic E-state index is 0.0464. The zero-order valence-electron chi connectivity index (χ0n) is 9.49. The van der Waals surface area contributed by atoms with Crippen LogP contribution in [-0.4, -0.2) is 12.6 Å². The Bertz CT molecular complexity index is 487. The van der Waals surface area contributed by atoms with Crippen molar-refractivity contribution < 1.29 is 9.53 Å². The van der Waals surface area contributed by atoms with Gasteiger partial charge in [-0.3, -0.25) is 4.79 Å². The maximum atomic E-state index is 11.7. The maximum Gasteiger partial charge on any atom is 0.314 e. The van der Waals surface area contributed by atoms with Crippen LogP contribution in [0, 0.1) is 11.3 Å². The standard InChI is InChI=1S/C14H14O2/c1-9-11(10-6-4-3-5-7-10)12-13(15)16-8-14(9,12)2/h3-7,12H,8H2,1-2H3/t12-,14-/m1/s1. The third kappa shape index (κ3) is 0.993. The van der Waals surface area contributed by atoms with Crippen LogP contribution >= 0.6 is 0 Å². The van der Waals surface area contributed by atoms with E-state index < -0.39 is 0 Å². The van der Waals surface area contributed by atoms with E-state index in [0.29, 0.717) is 6.61 Å². The summed E-state index contributed by atoms with van der Waals surface area (Å²) in [6, 6.07) is 10.1. The molecule has 0 unspecified atom stereocenters. The molecule has 2 heteroatoms. The molecule has 0 saturated carbocycles. The minimum Gasteiger partial charge on any atom is -0.464 e. The molecule has 2 aliphatic rings. The third-order valence-electron chi connectivity index (χ3n) is 4.02. The molecule has 0 amide bonds. The number of ether oxygens (including phenoxy) is 1. The van der Waals surface area contributed by atoms with Gasteiger partial charge in [0.25, 0.3) is 0 Å². The van der Waals surface area contributed by atoms with Gasteiger partial charge < -0.3 is 4.74 Å². The predicted molar refractivity (Wildman–Crippen MR) is 61.6 cm³/mol. The van der Waals surface area contributed by atoms with Gasteiger partial charge in [-0.05, 0) is 18.1 Å². The number of carbonyl (C=O) groups excluding carboxylic acids is 1. The van der Waals surface area contributed by atoms with E-state index >= 15 is 0 Å². The Morgan fingerprint density at radius 1 is 1.31 bits per heavy atom. The Kier molecular flexibility index (Phi) is 1.79. The second kappa shape index (κ2) is 2.97. The summed E-state index contributed by atoms with van der Waals surface area (Å²) in [4.78, 5) is 11.7. The van der Waals surface area contributed by atoms with Crippen molar-refractivity contribution in [3.05, 3.63) is 41.5 Å². The van der Waals surface area contributed by atoms with Crippen molar-refractivity contribution >= 4 is 11.5 Å². The van der Waals surface area contributed by atoms with Crippen LogP contribution in [0.25, 0.3) is 5.57 Å². The molecule has 1 aliphatic heterocycles. The molecule has 2 atom stereocenters. The average Bonchev–Trinajstić information content (AvgIpc) is 2.56. The number of hydrogen-bond donors (Lipinski definition) is 0. The first-order valence-corrected chi connectivity index (χ1v) is 5.58. The molecular weight excluding hydrogens is 200 g/mol. The van der Waals surface area contributed by atoms with E-state index in [0.717, 1.165) is 5.56 Å². The van der Waals surface area contributed by atoms with E-state index in [-0.39, 0.29) is 17.3 Å². The maximum absolute atomic E-state index is 11.7. The molecule has 16 heavy (non-hydrogen) atoms. The average molecular weight is 214 g/mol. The van der Waals surface area contributed by atoms with Crippen LogP contribution < -0.4 is 0 Å².